The van der Waals surface area contributed by atoms with Gasteiger partial charge in [0.05, 0.1) is 6.61 Å². The fraction of sp³-hybridized carbons (Fsp3) is 0.917. The average Bonchev–Trinajstić information content (AvgIpc) is 2.55. The zero-order valence-electron chi connectivity index (χ0n) is 10.4. The largest absolute Gasteiger partial charge is 0.395 e. The fourth-order valence-corrected chi connectivity index (χ4v) is 2.51. The van der Waals surface area contributed by atoms with Gasteiger partial charge in [0.25, 0.3) is 0 Å². The van der Waals surface area contributed by atoms with Crippen molar-refractivity contribution in [1.82, 2.24) is 9.80 Å². The van der Waals surface area contributed by atoms with Gasteiger partial charge in [-0.2, -0.15) is 0 Å². The Labute approximate surface area is 112 Å². The molecule has 0 radical (unpaired) electrons. The lowest BCUT2D eigenvalue weighted by Crippen LogP contribution is -2.35. The lowest BCUT2D eigenvalue weighted by atomic mass is 10.2. The van der Waals surface area contributed by atoms with Crippen molar-refractivity contribution in [3.8, 4) is 0 Å². The van der Waals surface area contributed by atoms with Crippen molar-refractivity contribution in [3.05, 3.63) is 0 Å². The molecule has 0 bridgehead atoms. The first-order chi connectivity index (χ1) is 8.27. The van der Waals surface area contributed by atoms with Gasteiger partial charge in [-0.05, 0) is 25.8 Å². The number of halogens is 1. The smallest absolute Gasteiger partial charge is 0.222 e. The monoisotopic (exact) mass is 306 g/mol. The van der Waals surface area contributed by atoms with Crippen LogP contribution in [-0.4, -0.2) is 65.5 Å². The second-order valence-corrected chi connectivity index (χ2v) is 5.24. The minimum absolute atomic E-state index is 0.208. The highest BCUT2D eigenvalue weighted by atomic mass is 79.9. The first kappa shape index (κ1) is 14.9. The minimum atomic E-state index is 0.208. The Morgan fingerprint density at radius 1 is 1.18 bits per heavy atom. The highest BCUT2D eigenvalue weighted by Gasteiger charge is 2.18. The third kappa shape index (κ3) is 5.84. The van der Waals surface area contributed by atoms with Crippen LogP contribution in [-0.2, 0) is 4.79 Å². The van der Waals surface area contributed by atoms with Gasteiger partial charge in [-0.25, -0.2) is 0 Å². The molecular formula is C12H23BrN2O2. The number of carbonyl (C=O) groups is 1. The molecule has 4 nitrogen and oxygen atoms in total. The second kappa shape index (κ2) is 8.89. The van der Waals surface area contributed by atoms with Crippen molar-refractivity contribution in [2.75, 3.05) is 44.7 Å². The van der Waals surface area contributed by atoms with Crippen LogP contribution in [0.5, 0.6) is 0 Å². The molecule has 17 heavy (non-hydrogen) atoms. The molecule has 0 atom stereocenters. The molecule has 1 fully saturated rings. The Kier molecular flexibility index (Phi) is 7.81. The maximum Gasteiger partial charge on any atom is 0.222 e. The Morgan fingerprint density at radius 3 is 2.71 bits per heavy atom. The van der Waals surface area contributed by atoms with Crippen molar-refractivity contribution in [3.63, 3.8) is 0 Å². The lowest BCUT2D eigenvalue weighted by Gasteiger charge is -2.21. The Morgan fingerprint density at radius 2 is 2.00 bits per heavy atom. The van der Waals surface area contributed by atoms with Crippen molar-refractivity contribution < 1.29 is 9.90 Å². The summed E-state index contributed by atoms with van der Waals surface area (Å²) in [5.41, 5.74) is 0. The van der Waals surface area contributed by atoms with Crippen LogP contribution in [0.2, 0.25) is 0 Å². The van der Waals surface area contributed by atoms with E-state index in [1.54, 1.807) is 0 Å². The molecule has 1 rings (SSSR count). The van der Waals surface area contributed by atoms with Crippen LogP contribution in [0, 0.1) is 0 Å². The van der Waals surface area contributed by atoms with E-state index in [9.17, 15) is 4.79 Å². The van der Waals surface area contributed by atoms with Crippen LogP contribution in [0.3, 0.4) is 0 Å². The lowest BCUT2D eigenvalue weighted by molar-refractivity contribution is -0.131. The van der Waals surface area contributed by atoms with Crippen LogP contribution in [0.4, 0.5) is 0 Å². The summed E-state index contributed by atoms with van der Waals surface area (Å²) in [7, 11) is 0. The summed E-state index contributed by atoms with van der Waals surface area (Å²) in [4.78, 5) is 16.1. The van der Waals surface area contributed by atoms with E-state index in [2.05, 4.69) is 20.8 Å². The number of alkyl halides is 1. The van der Waals surface area contributed by atoms with Crippen LogP contribution in [0.15, 0.2) is 0 Å². The summed E-state index contributed by atoms with van der Waals surface area (Å²) in [6.07, 6.45) is 3.73. The zero-order chi connectivity index (χ0) is 12.5. The third-order valence-corrected chi connectivity index (χ3v) is 3.69. The zero-order valence-corrected chi connectivity index (χ0v) is 12.0. The number of amides is 1. The van der Waals surface area contributed by atoms with Crippen molar-refractivity contribution in [2.45, 2.75) is 25.7 Å². The number of hydrogen-bond acceptors (Lipinski definition) is 3. The molecule has 1 saturated heterocycles. The standard InChI is InChI=1S/C12H23BrN2O2/c13-5-2-1-4-12(17)15-7-3-6-14(8-9-15)10-11-16/h16H,1-11H2. The summed E-state index contributed by atoms with van der Waals surface area (Å²) in [5, 5.41) is 9.88. The average molecular weight is 307 g/mol. The number of aliphatic hydroxyl groups is 1. The predicted molar refractivity (Wildman–Crippen MR) is 72.4 cm³/mol. The minimum Gasteiger partial charge on any atom is -0.395 e. The summed E-state index contributed by atoms with van der Waals surface area (Å²) in [6.45, 7) is 4.50. The van der Waals surface area contributed by atoms with Crippen LogP contribution in [0.1, 0.15) is 25.7 Å². The molecule has 1 N–H and O–H groups in total. The van der Waals surface area contributed by atoms with Crippen molar-refractivity contribution in [1.29, 1.82) is 0 Å². The number of hydrogen-bond donors (Lipinski definition) is 1. The van der Waals surface area contributed by atoms with Gasteiger partial charge in [0.15, 0.2) is 0 Å². The van der Waals surface area contributed by atoms with E-state index in [4.69, 9.17) is 5.11 Å². The van der Waals surface area contributed by atoms with E-state index in [1.807, 2.05) is 4.90 Å². The van der Waals surface area contributed by atoms with Gasteiger partial charge in [-0.15, -0.1) is 0 Å². The Bertz CT molecular complexity index is 227. The molecular weight excluding hydrogens is 284 g/mol. The summed E-state index contributed by atoms with van der Waals surface area (Å²) >= 11 is 3.38. The first-order valence-corrected chi connectivity index (χ1v) is 7.57. The van der Waals surface area contributed by atoms with Gasteiger partial charge in [0.1, 0.15) is 0 Å². The third-order valence-electron chi connectivity index (χ3n) is 3.13. The Balaban J connectivity index is 2.27. The second-order valence-electron chi connectivity index (χ2n) is 4.45. The highest BCUT2D eigenvalue weighted by molar-refractivity contribution is 9.09. The first-order valence-electron chi connectivity index (χ1n) is 6.45. The van der Waals surface area contributed by atoms with Crippen LogP contribution >= 0.6 is 15.9 Å². The molecule has 5 heteroatoms. The maximum absolute atomic E-state index is 11.9. The van der Waals surface area contributed by atoms with Gasteiger partial charge in [0, 0.05) is 37.9 Å². The van der Waals surface area contributed by atoms with Crippen LogP contribution in [0.25, 0.3) is 0 Å². The number of rotatable bonds is 6. The molecule has 0 aromatic rings. The summed E-state index contributed by atoms with van der Waals surface area (Å²) in [6, 6.07) is 0. The Hall–Kier alpha value is -0.130. The van der Waals surface area contributed by atoms with E-state index in [-0.39, 0.29) is 12.5 Å². The van der Waals surface area contributed by atoms with E-state index in [1.165, 1.54) is 0 Å². The van der Waals surface area contributed by atoms with E-state index in [0.717, 1.165) is 57.3 Å². The molecule has 100 valence electrons. The predicted octanol–water partition coefficient (Wildman–Crippen LogP) is 1.08. The molecule has 0 saturated carbocycles. The number of nitrogens with zero attached hydrogens (tertiary/aromatic N) is 2. The van der Waals surface area contributed by atoms with E-state index >= 15 is 0 Å². The number of β-amino-alcohol motifs (C(OH)–C–C–N with tert-alkyl or cyclic N) is 1. The number of aliphatic hydroxyl groups excluding tert-OH is 1. The van der Waals surface area contributed by atoms with Gasteiger partial charge < -0.3 is 10.0 Å². The van der Waals surface area contributed by atoms with Gasteiger partial charge in [0.2, 0.25) is 5.91 Å². The molecule has 1 aliphatic rings. The SMILES string of the molecule is O=C(CCCCBr)N1CCCN(CCO)CC1. The molecule has 0 aliphatic carbocycles. The topological polar surface area (TPSA) is 43.8 Å². The fourth-order valence-electron chi connectivity index (χ4n) is 2.11. The van der Waals surface area contributed by atoms with Gasteiger partial charge >= 0.3 is 0 Å². The van der Waals surface area contributed by atoms with Gasteiger partial charge in [-0.1, -0.05) is 15.9 Å². The number of unbranched alkanes of at least 4 members (excludes halogenated alkanes) is 1. The maximum atomic E-state index is 11.9. The molecule has 1 amide bonds. The molecule has 0 spiro atoms. The van der Waals surface area contributed by atoms with E-state index < -0.39 is 0 Å². The molecule has 1 aliphatic heterocycles. The van der Waals surface area contributed by atoms with E-state index in [0.29, 0.717) is 6.42 Å². The summed E-state index contributed by atoms with van der Waals surface area (Å²) in [5.74, 6) is 0.289. The normalized spacial score (nSPS) is 18.1. The van der Waals surface area contributed by atoms with Crippen molar-refractivity contribution >= 4 is 21.8 Å². The van der Waals surface area contributed by atoms with Gasteiger partial charge in [-0.3, -0.25) is 9.69 Å². The molecule has 0 unspecified atom stereocenters. The number of carbonyl (C=O) groups excluding carboxylic acids is 1. The molecule has 1 heterocycles. The summed E-state index contributed by atoms with van der Waals surface area (Å²) < 4.78 is 0. The van der Waals surface area contributed by atoms with Crippen LogP contribution < -0.4 is 0 Å². The molecule has 0 aromatic carbocycles. The van der Waals surface area contributed by atoms with Crippen molar-refractivity contribution in [2.24, 2.45) is 0 Å². The quantitative estimate of drug-likeness (QED) is 0.590. The molecule has 0 aromatic heterocycles. The highest BCUT2D eigenvalue weighted by Crippen LogP contribution is 2.07.